The first-order chi connectivity index (χ1) is 12.2. The molecule has 1 aliphatic rings. The van der Waals surface area contributed by atoms with Gasteiger partial charge in [-0.2, -0.15) is 0 Å². The molecule has 1 heterocycles. The molecular weight excluding hydrogens is 320 g/mol. The zero-order valence-electron chi connectivity index (χ0n) is 16.1. The number of guanidine groups is 1. The molecule has 7 nitrogen and oxygen atoms in total. The second kappa shape index (κ2) is 13.9. The highest BCUT2D eigenvalue weighted by Gasteiger charge is 2.14. The Bertz CT molecular complexity index is 385. The normalized spacial score (nSPS) is 18.8. The van der Waals surface area contributed by atoms with E-state index in [1.54, 1.807) is 0 Å². The Morgan fingerprint density at radius 3 is 2.88 bits per heavy atom. The molecule has 25 heavy (non-hydrogen) atoms. The maximum atomic E-state index is 11.8. The molecule has 0 bridgehead atoms. The molecule has 2 unspecified atom stereocenters. The fraction of sp³-hybridized carbons (Fsp3) is 0.889. The van der Waals surface area contributed by atoms with E-state index in [4.69, 9.17) is 9.47 Å². The third-order valence-corrected chi connectivity index (χ3v) is 4.05. The molecule has 1 saturated heterocycles. The molecule has 0 aliphatic carbocycles. The van der Waals surface area contributed by atoms with Gasteiger partial charge in [-0.25, -0.2) is 0 Å². The van der Waals surface area contributed by atoms with Crippen LogP contribution in [-0.4, -0.2) is 63.5 Å². The lowest BCUT2D eigenvalue weighted by molar-refractivity contribution is -0.121. The minimum Gasteiger partial charge on any atom is -0.379 e. The summed E-state index contributed by atoms with van der Waals surface area (Å²) in [5, 5.41) is 9.34. The molecule has 3 N–H and O–H groups in total. The lowest BCUT2D eigenvalue weighted by Gasteiger charge is -2.13. The van der Waals surface area contributed by atoms with E-state index in [2.05, 4.69) is 27.9 Å². The van der Waals surface area contributed by atoms with Crippen LogP contribution in [0.15, 0.2) is 4.99 Å². The van der Waals surface area contributed by atoms with Gasteiger partial charge in [0.05, 0.1) is 12.7 Å². The van der Waals surface area contributed by atoms with Crippen molar-refractivity contribution in [3.8, 4) is 0 Å². The van der Waals surface area contributed by atoms with Crippen molar-refractivity contribution < 1.29 is 14.3 Å². The maximum Gasteiger partial charge on any atom is 0.221 e. The number of hydrogen-bond donors (Lipinski definition) is 3. The largest absolute Gasteiger partial charge is 0.379 e. The van der Waals surface area contributed by atoms with E-state index in [1.807, 2.05) is 13.8 Å². The van der Waals surface area contributed by atoms with Gasteiger partial charge in [-0.15, -0.1) is 0 Å². The minimum atomic E-state index is 0.0697. The SMILES string of the molecule is CCNC(=NCCCOCC1CCCO1)NCCC(=O)NC(C)CC. The van der Waals surface area contributed by atoms with Gasteiger partial charge in [0.15, 0.2) is 5.96 Å². The lowest BCUT2D eigenvalue weighted by atomic mass is 10.2. The van der Waals surface area contributed by atoms with Crippen molar-refractivity contribution in [2.24, 2.45) is 4.99 Å². The van der Waals surface area contributed by atoms with E-state index in [-0.39, 0.29) is 18.1 Å². The first kappa shape index (κ1) is 21.7. The number of carbonyl (C=O) groups is 1. The number of aliphatic imine (C=N–C) groups is 1. The van der Waals surface area contributed by atoms with Crippen LogP contribution in [-0.2, 0) is 14.3 Å². The van der Waals surface area contributed by atoms with Crippen molar-refractivity contribution >= 4 is 11.9 Å². The molecule has 0 saturated carbocycles. The smallest absolute Gasteiger partial charge is 0.221 e. The summed E-state index contributed by atoms with van der Waals surface area (Å²) < 4.78 is 11.2. The van der Waals surface area contributed by atoms with E-state index in [9.17, 15) is 4.79 Å². The number of nitrogens with zero attached hydrogens (tertiary/aromatic N) is 1. The molecule has 0 aromatic carbocycles. The van der Waals surface area contributed by atoms with Crippen molar-refractivity contribution in [1.29, 1.82) is 0 Å². The number of carbonyl (C=O) groups excluding carboxylic acids is 1. The van der Waals surface area contributed by atoms with E-state index in [0.29, 0.717) is 32.7 Å². The van der Waals surface area contributed by atoms with E-state index in [0.717, 1.165) is 44.8 Å². The molecule has 0 aromatic heterocycles. The molecule has 0 radical (unpaired) electrons. The second-order valence-corrected chi connectivity index (χ2v) is 6.38. The monoisotopic (exact) mass is 356 g/mol. The van der Waals surface area contributed by atoms with Crippen LogP contribution in [0.5, 0.6) is 0 Å². The van der Waals surface area contributed by atoms with Crippen LogP contribution >= 0.6 is 0 Å². The molecule has 2 atom stereocenters. The summed E-state index contributed by atoms with van der Waals surface area (Å²) in [6.07, 6.45) is 4.79. The summed E-state index contributed by atoms with van der Waals surface area (Å²) in [4.78, 5) is 16.3. The van der Waals surface area contributed by atoms with Gasteiger partial charge in [-0.3, -0.25) is 9.79 Å². The summed E-state index contributed by atoms with van der Waals surface area (Å²) in [6.45, 7) is 10.4. The second-order valence-electron chi connectivity index (χ2n) is 6.38. The number of amides is 1. The van der Waals surface area contributed by atoms with Crippen molar-refractivity contribution in [2.45, 2.75) is 65.0 Å². The summed E-state index contributed by atoms with van der Waals surface area (Å²) in [7, 11) is 0. The highest BCUT2D eigenvalue weighted by Crippen LogP contribution is 2.11. The standard InChI is InChI=1S/C18H36N4O3/c1-4-15(3)22-17(23)9-11-21-18(19-5-2)20-10-7-12-24-14-16-8-6-13-25-16/h15-16H,4-14H2,1-3H3,(H,22,23)(H2,19,20,21). The van der Waals surface area contributed by atoms with E-state index >= 15 is 0 Å². The Morgan fingerprint density at radius 1 is 1.36 bits per heavy atom. The van der Waals surface area contributed by atoms with Crippen LogP contribution in [0.1, 0.15) is 52.9 Å². The zero-order chi connectivity index (χ0) is 18.3. The number of rotatable bonds is 12. The Labute approximate surface area is 152 Å². The molecular formula is C18H36N4O3. The molecule has 1 amide bonds. The summed E-state index contributed by atoms with van der Waals surface area (Å²) in [6, 6.07) is 0.226. The van der Waals surface area contributed by atoms with Gasteiger partial charge in [0, 0.05) is 45.3 Å². The Balaban J connectivity index is 2.12. The lowest BCUT2D eigenvalue weighted by Crippen LogP contribution is -2.40. The Kier molecular flexibility index (Phi) is 12.1. The quantitative estimate of drug-likeness (QED) is 0.280. The number of ether oxygens (including phenoxy) is 2. The van der Waals surface area contributed by atoms with Gasteiger partial charge in [0.25, 0.3) is 0 Å². The highest BCUT2D eigenvalue weighted by molar-refractivity contribution is 5.81. The minimum absolute atomic E-state index is 0.0697. The van der Waals surface area contributed by atoms with Crippen LogP contribution in [0.4, 0.5) is 0 Å². The molecule has 0 spiro atoms. The van der Waals surface area contributed by atoms with Crippen molar-refractivity contribution in [3.63, 3.8) is 0 Å². The van der Waals surface area contributed by atoms with Crippen molar-refractivity contribution in [2.75, 3.05) is 39.5 Å². The summed E-state index contributed by atoms with van der Waals surface area (Å²) in [5.74, 6) is 0.818. The average molecular weight is 357 g/mol. The molecule has 1 fully saturated rings. The zero-order valence-corrected chi connectivity index (χ0v) is 16.1. The first-order valence-electron chi connectivity index (χ1n) is 9.66. The number of hydrogen-bond acceptors (Lipinski definition) is 4. The molecule has 0 aromatic rings. The van der Waals surface area contributed by atoms with Crippen LogP contribution in [0.3, 0.4) is 0 Å². The van der Waals surface area contributed by atoms with Crippen LogP contribution in [0.25, 0.3) is 0 Å². The van der Waals surface area contributed by atoms with E-state index in [1.165, 1.54) is 0 Å². The molecule has 1 aliphatic heterocycles. The van der Waals surface area contributed by atoms with Crippen molar-refractivity contribution in [1.82, 2.24) is 16.0 Å². The van der Waals surface area contributed by atoms with Gasteiger partial charge < -0.3 is 25.4 Å². The topological polar surface area (TPSA) is 84.0 Å². The van der Waals surface area contributed by atoms with Gasteiger partial charge in [-0.05, 0) is 39.5 Å². The predicted octanol–water partition coefficient (Wildman–Crippen LogP) is 1.43. The number of nitrogens with one attached hydrogen (secondary N) is 3. The fourth-order valence-electron chi connectivity index (χ4n) is 2.43. The maximum absolute atomic E-state index is 11.8. The Hall–Kier alpha value is -1.34. The Morgan fingerprint density at radius 2 is 2.20 bits per heavy atom. The fourth-order valence-corrected chi connectivity index (χ4v) is 2.43. The van der Waals surface area contributed by atoms with Crippen molar-refractivity contribution in [3.05, 3.63) is 0 Å². The average Bonchev–Trinajstić information content (AvgIpc) is 3.11. The molecule has 146 valence electrons. The van der Waals surface area contributed by atoms with E-state index < -0.39 is 0 Å². The first-order valence-corrected chi connectivity index (χ1v) is 9.66. The third kappa shape index (κ3) is 11.0. The summed E-state index contributed by atoms with van der Waals surface area (Å²) >= 11 is 0. The van der Waals surface area contributed by atoms with Gasteiger partial charge in [-0.1, -0.05) is 6.92 Å². The summed E-state index contributed by atoms with van der Waals surface area (Å²) in [5.41, 5.74) is 0. The molecule has 7 heteroatoms. The van der Waals surface area contributed by atoms with Gasteiger partial charge >= 0.3 is 0 Å². The highest BCUT2D eigenvalue weighted by atomic mass is 16.5. The predicted molar refractivity (Wildman–Crippen MR) is 101 cm³/mol. The van der Waals surface area contributed by atoms with Gasteiger partial charge in [0.2, 0.25) is 5.91 Å². The van der Waals surface area contributed by atoms with Crippen LogP contribution in [0, 0.1) is 0 Å². The van der Waals surface area contributed by atoms with Crippen LogP contribution in [0.2, 0.25) is 0 Å². The molecule has 1 rings (SSSR count). The van der Waals surface area contributed by atoms with Gasteiger partial charge in [0.1, 0.15) is 0 Å². The van der Waals surface area contributed by atoms with Crippen LogP contribution < -0.4 is 16.0 Å². The third-order valence-electron chi connectivity index (χ3n) is 4.05.